The van der Waals surface area contributed by atoms with E-state index in [9.17, 15) is 0 Å². The van der Waals surface area contributed by atoms with Crippen LogP contribution in [0.2, 0.25) is 0 Å². The first kappa shape index (κ1) is 16.8. The van der Waals surface area contributed by atoms with Gasteiger partial charge in [-0.3, -0.25) is 0 Å². The van der Waals surface area contributed by atoms with Gasteiger partial charge in [0.1, 0.15) is 12.4 Å². The summed E-state index contributed by atoms with van der Waals surface area (Å²) >= 11 is 0. The highest BCUT2D eigenvalue weighted by Crippen LogP contribution is 2.30. The maximum absolute atomic E-state index is 4.87. The number of fused-ring (bicyclic) bond motifs is 1. The van der Waals surface area contributed by atoms with Gasteiger partial charge in [-0.05, 0) is 22.8 Å². The fourth-order valence-electron chi connectivity index (χ4n) is 3.15. The molecule has 10 heteroatoms. The highest BCUT2D eigenvalue weighted by Gasteiger charge is 2.28. The van der Waals surface area contributed by atoms with Gasteiger partial charge in [0.05, 0.1) is 0 Å². The molecule has 0 unspecified atom stereocenters. The van der Waals surface area contributed by atoms with E-state index in [1.807, 2.05) is 0 Å². The average molecular weight is 356 g/mol. The van der Waals surface area contributed by atoms with Gasteiger partial charge in [-0.15, -0.1) is 10.2 Å². The van der Waals surface area contributed by atoms with Crippen molar-refractivity contribution in [2.45, 2.75) is 46.1 Å². The number of hydrogen-bond acceptors (Lipinski definition) is 8. The summed E-state index contributed by atoms with van der Waals surface area (Å²) in [6, 6.07) is 0. The third-order valence-electron chi connectivity index (χ3n) is 4.74. The second-order valence-corrected chi connectivity index (χ2v) is 8.10. The van der Waals surface area contributed by atoms with E-state index in [-0.39, 0.29) is 5.41 Å². The molecule has 26 heavy (non-hydrogen) atoms. The number of aryl methyl sites for hydroxylation is 1. The minimum atomic E-state index is -0.171. The Morgan fingerprint density at radius 1 is 1.12 bits per heavy atom. The molecule has 0 amide bonds. The van der Waals surface area contributed by atoms with Crippen LogP contribution >= 0.6 is 0 Å². The van der Waals surface area contributed by atoms with Crippen molar-refractivity contribution in [2.24, 2.45) is 13.0 Å². The number of tetrazole rings is 1. The van der Waals surface area contributed by atoms with Crippen LogP contribution in [0.5, 0.6) is 0 Å². The molecule has 1 atom stereocenters. The first-order chi connectivity index (χ1) is 12.3. The molecule has 0 bridgehead atoms. The lowest BCUT2D eigenvalue weighted by molar-refractivity contribution is 0.543. The van der Waals surface area contributed by atoms with E-state index in [0.717, 1.165) is 42.3 Å². The molecule has 1 fully saturated rings. The van der Waals surface area contributed by atoms with Crippen molar-refractivity contribution in [3.05, 3.63) is 11.6 Å². The Morgan fingerprint density at radius 3 is 2.54 bits per heavy atom. The fourth-order valence-corrected chi connectivity index (χ4v) is 3.15. The zero-order chi connectivity index (χ0) is 18.5. The molecule has 1 aliphatic rings. The molecule has 1 saturated heterocycles. The lowest BCUT2D eigenvalue weighted by Crippen LogP contribution is -2.24. The van der Waals surface area contributed by atoms with Crippen molar-refractivity contribution in [3.63, 3.8) is 0 Å². The predicted octanol–water partition coefficient (Wildman–Crippen LogP) is 0.937. The Kier molecular flexibility index (Phi) is 3.85. The minimum absolute atomic E-state index is 0.171. The summed E-state index contributed by atoms with van der Waals surface area (Å²) in [5.74, 6) is 3.02. The van der Waals surface area contributed by atoms with Gasteiger partial charge in [-0.25, -0.2) is 19.3 Å². The smallest absolute Gasteiger partial charge is 0.184 e. The largest absolute Gasteiger partial charge is 0.354 e. The molecular formula is C16H24N10. The Hall–Kier alpha value is -2.65. The molecule has 0 aromatic carbocycles. The second-order valence-electron chi connectivity index (χ2n) is 8.10. The summed E-state index contributed by atoms with van der Waals surface area (Å²) < 4.78 is 3.38. The highest BCUT2D eigenvalue weighted by atomic mass is 15.5. The molecule has 0 radical (unpaired) electrons. The summed E-state index contributed by atoms with van der Waals surface area (Å²) in [6.45, 7) is 11.0. The van der Waals surface area contributed by atoms with E-state index < -0.39 is 0 Å². The molecule has 3 aromatic heterocycles. The van der Waals surface area contributed by atoms with Gasteiger partial charge < -0.3 is 4.90 Å². The average Bonchev–Trinajstić information content (AvgIpc) is 3.28. The Labute approximate surface area is 151 Å². The SMILES string of the molecule is C[C@@H]1CCN(c2nc(C(C)(C)C)nc3c2nnn3Cc2nnnn2C)C1. The Bertz CT molecular complexity index is 934. The summed E-state index contributed by atoms with van der Waals surface area (Å²) in [6.07, 6.45) is 1.16. The van der Waals surface area contributed by atoms with Crippen molar-refractivity contribution >= 4 is 17.0 Å². The minimum Gasteiger partial charge on any atom is -0.354 e. The van der Waals surface area contributed by atoms with Crippen LogP contribution in [0.4, 0.5) is 5.82 Å². The first-order valence-corrected chi connectivity index (χ1v) is 8.91. The normalized spacial score (nSPS) is 18.2. The third kappa shape index (κ3) is 2.89. The summed E-state index contributed by atoms with van der Waals surface area (Å²) in [5, 5.41) is 20.3. The summed E-state index contributed by atoms with van der Waals surface area (Å²) in [7, 11) is 1.81. The van der Waals surface area contributed by atoms with E-state index in [4.69, 9.17) is 9.97 Å². The van der Waals surface area contributed by atoms with Crippen molar-refractivity contribution in [1.82, 2.24) is 45.2 Å². The number of rotatable bonds is 3. The van der Waals surface area contributed by atoms with Crippen molar-refractivity contribution in [2.75, 3.05) is 18.0 Å². The zero-order valence-corrected chi connectivity index (χ0v) is 15.9. The molecule has 4 rings (SSSR count). The topological polar surface area (TPSA) is 103 Å². The van der Waals surface area contributed by atoms with Crippen molar-refractivity contribution < 1.29 is 0 Å². The van der Waals surface area contributed by atoms with Gasteiger partial charge in [-0.2, -0.15) is 0 Å². The van der Waals surface area contributed by atoms with Gasteiger partial charge in [0.2, 0.25) is 0 Å². The number of aromatic nitrogens is 9. The number of nitrogens with zero attached hydrogens (tertiary/aromatic N) is 10. The number of anilines is 1. The molecule has 3 aromatic rings. The molecule has 0 spiro atoms. The third-order valence-corrected chi connectivity index (χ3v) is 4.74. The van der Waals surface area contributed by atoms with E-state index in [0.29, 0.717) is 18.3 Å². The molecule has 1 aliphatic heterocycles. The van der Waals surface area contributed by atoms with Crippen LogP contribution in [0.15, 0.2) is 0 Å². The zero-order valence-electron chi connectivity index (χ0n) is 15.9. The second kappa shape index (κ2) is 5.96. The van der Waals surface area contributed by atoms with Gasteiger partial charge in [0.15, 0.2) is 22.8 Å². The van der Waals surface area contributed by atoms with Crippen LogP contribution in [-0.2, 0) is 19.0 Å². The van der Waals surface area contributed by atoms with Crippen LogP contribution < -0.4 is 4.90 Å². The molecule has 0 N–H and O–H groups in total. The van der Waals surface area contributed by atoms with E-state index >= 15 is 0 Å². The van der Waals surface area contributed by atoms with Crippen molar-refractivity contribution in [3.8, 4) is 0 Å². The predicted molar refractivity (Wildman–Crippen MR) is 95.7 cm³/mol. The molecule has 138 valence electrons. The highest BCUT2D eigenvalue weighted by molar-refractivity contribution is 5.83. The molecule has 10 nitrogen and oxygen atoms in total. The van der Waals surface area contributed by atoms with Gasteiger partial charge >= 0.3 is 0 Å². The Morgan fingerprint density at radius 2 is 1.92 bits per heavy atom. The molecule has 4 heterocycles. The molecular weight excluding hydrogens is 332 g/mol. The van der Waals surface area contributed by atoms with Crippen LogP contribution in [0.25, 0.3) is 11.2 Å². The quantitative estimate of drug-likeness (QED) is 0.683. The fraction of sp³-hybridized carbons (Fsp3) is 0.688. The Balaban J connectivity index is 1.84. The van der Waals surface area contributed by atoms with E-state index in [2.05, 4.69) is 58.4 Å². The van der Waals surface area contributed by atoms with Crippen LogP contribution in [0, 0.1) is 5.92 Å². The van der Waals surface area contributed by atoms with Crippen molar-refractivity contribution in [1.29, 1.82) is 0 Å². The van der Waals surface area contributed by atoms with E-state index in [1.165, 1.54) is 0 Å². The lowest BCUT2D eigenvalue weighted by atomic mass is 9.96. The monoisotopic (exact) mass is 356 g/mol. The maximum Gasteiger partial charge on any atom is 0.184 e. The standard InChI is InChI=1S/C16H24N10/c1-10-6-7-25(8-10)13-12-14(18-15(17-13)16(2,3)4)26(22-20-12)9-11-19-21-23-24(11)5/h10H,6-9H2,1-5H3/t10-/m1/s1. The van der Waals surface area contributed by atoms with Gasteiger partial charge in [0.25, 0.3) is 0 Å². The van der Waals surface area contributed by atoms with Crippen LogP contribution in [-0.4, -0.2) is 58.3 Å². The molecule has 0 aliphatic carbocycles. The van der Waals surface area contributed by atoms with Gasteiger partial charge in [0, 0.05) is 25.6 Å². The van der Waals surface area contributed by atoms with Gasteiger partial charge in [-0.1, -0.05) is 32.9 Å². The summed E-state index contributed by atoms with van der Waals surface area (Å²) in [4.78, 5) is 12.0. The number of hydrogen-bond donors (Lipinski definition) is 0. The lowest BCUT2D eigenvalue weighted by Gasteiger charge is -2.22. The van der Waals surface area contributed by atoms with Crippen LogP contribution in [0.3, 0.4) is 0 Å². The summed E-state index contributed by atoms with van der Waals surface area (Å²) in [5.41, 5.74) is 1.29. The van der Waals surface area contributed by atoms with Crippen LogP contribution in [0.1, 0.15) is 45.8 Å². The first-order valence-electron chi connectivity index (χ1n) is 8.91. The molecule has 0 saturated carbocycles. The van der Waals surface area contributed by atoms with E-state index in [1.54, 1.807) is 16.4 Å². The maximum atomic E-state index is 4.87.